The summed E-state index contributed by atoms with van der Waals surface area (Å²) in [7, 11) is 0. The summed E-state index contributed by atoms with van der Waals surface area (Å²) in [6.45, 7) is 0.148. The van der Waals surface area contributed by atoms with E-state index in [2.05, 4.69) is 5.32 Å². The molecule has 1 N–H and O–H groups in total. The van der Waals surface area contributed by atoms with Gasteiger partial charge in [-0.1, -0.05) is 23.7 Å². The van der Waals surface area contributed by atoms with E-state index in [1.807, 2.05) is 0 Å². The van der Waals surface area contributed by atoms with Crippen molar-refractivity contribution in [3.63, 3.8) is 0 Å². The van der Waals surface area contributed by atoms with Crippen LogP contribution in [0.2, 0.25) is 5.02 Å². The van der Waals surface area contributed by atoms with E-state index in [4.69, 9.17) is 11.6 Å². The Morgan fingerprint density at radius 3 is 2.52 bits per heavy atom. The lowest BCUT2D eigenvalue weighted by Crippen LogP contribution is -2.29. The third kappa shape index (κ3) is 4.83. The Morgan fingerprint density at radius 1 is 1.07 bits per heavy atom. The molecular weight excluding hydrogens is 412 g/mol. The molecule has 0 bridgehead atoms. The van der Waals surface area contributed by atoms with Gasteiger partial charge in [0.2, 0.25) is 0 Å². The summed E-state index contributed by atoms with van der Waals surface area (Å²) in [6, 6.07) is 11.6. The lowest BCUT2D eigenvalue weighted by Gasteiger charge is -2.12. The van der Waals surface area contributed by atoms with Gasteiger partial charge in [-0.25, -0.2) is 4.39 Å². The van der Waals surface area contributed by atoms with Crippen LogP contribution in [0.3, 0.4) is 0 Å². The van der Waals surface area contributed by atoms with E-state index in [9.17, 15) is 27.2 Å². The Bertz CT molecular complexity index is 1130. The number of nitrogens with zero attached hydrogens (tertiary/aromatic N) is 1. The molecule has 0 fully saturated rings. The molecule has 1 aromatic heterocycles. The number of nitrogens with one attached hydrogen (secondary N) is 1. The standard InChI is InChI=1S/C20H13ClF4N2O2/c21-13-4-1-3-12(9-13)11-27-8-2-5-15(19(27)29)18(28)26-14-6-7-17(22)16(10-14)20(23,24)25/h1-10H,11H2,(H,26,28). The smallest absolute Gasteiger partial charge is 0.322 e. The van der Waals surface area contributed by atoms with Crippen LogP contribution in [-0.2, 0) is 12.7 Å². The quantitative estimate of drug-likeness (QED) is 0.602. The zero-order valence-electron chi connectivity index (χ0n) is 14.6. The summed E-state index contributed by atoms with van der Waals surface area (Å²) in [5, 5.41) is 2.69. The van der Waals surface area contributed by atoms with Crippen LogP contribution in [0.1, 0.15) is 21.5 Å². The normalized spacial score (nSPS) is 11.3. The maximum atomic E-state index is 13.4. The molecule has 150 valence electrons. The highest BCUT2D eigenvalue weighted by Gasteiger charge is 2.34. The van der Waals surface area contributed by atoms with Crippen LogP contribution in [0.15, 0.2) is 65.6 Å². The van der Waals surface area contributed by atoms with Gasteiger partial charge in [0.1, 0.15) is 11.4 Å². The van der Waals surface area contributed by atoms with Gasteiger partial charge in [-0.05, 0) is 48.0 Å². The van der Waals surface area contributed by atoms with E-state index in [-0.39, 0.29) is 17.8 Å². The summed E-state index contributed by atoms with van der Waals surface area (Å²) in [5.41, 5.74) is -1.98. The van der Waals surface area contributed by atoms with Gasteiger partial charge in [0, 0.05) is 16.9 Å². The first-order valence-electron chi connectivity index (χ1n) is 8.27. The van der Waals surface area contributed by atoms with E-state index in [0.717, 1.165) is 11.6 Å². The predicted octanol–water partition coefficient (Wildman–Crippen LogP) is 4.96. The van der Waals surface area contributed by atoms with Crippen molar-refractivity contribution in [3.05, 3.63) is 98.7 Å². The van der Waals surface area contributed by atoms with Gasteiger partial charge in [0.15, 0.2) is 0 Å². The van der Waals surface area contributed by atoms with Gasteiger partial charge in [0.05, 0.1) is 12.1 Å². The Morgan fingerprint density at radius 2 is 1.83 bits per heavy atom. The van der Waals surface area contributed by atoms with Crippen LogP contribution in [0.25, 0.3) is 0 Å². The van der Waals surface area contributed by atoms with Gasteiger partial charge < -0.3 is 9.88 Å². The predicted molar refractivity (Wildman–Crippen MR) is 101 cm³/mol. The molecule has 1 heterocycles. The fourth-order valence-electron chi connectivity index (χ4n) is 2.68. The highest BCUT2D eigenvalue weighted by molar-refractivity contribution is 6.30. The number of hydrogen-bond donors (Lipinski definition) is 1. The maximum Gasteiger partial charge on any atom is 0.419 e. The van der Waals surface area contributed by atoms with E-state index in [0.29, 0.717) is 17.2 Å². The van der Waals surface area contributed by atoms with E-state index in [1.54, 1.807) is 24.3 Å². The molecule has 0 aliphatic rings. The number of carbonyl (C=O) groups is 1. The molecule has 3 rings (SSSR count). The van der Waals surface area contributed by atoms with Gasteiger partial charge >= 0.3 is 6.18 Å². The molecule has 1 amide bonds. The molecule has 0 saturated carbocycles. The van der Waals surface area contributed by atoms with Gasteiger partial charge in [0.25, 0.3) is 11.5 Å². The number of aromatic nitrogens is 1. The third-order valence-corrected chi connectivity index (χ3v) is 4.27. The number of rotatable bonds is 4. The van der Waals surface area contributed by atoms with Crippen molar-refractivity contribution in [2.24, 2.45) is 0 Å². The van der Waals surface area contributed by atoms with Crippen LogP contribution >= 0.6 is 11.6 Å². The van der Waals surface area contributed by atoms with E-state index in [1.165, 1.54) is 22.9 Å². The summed E-state index contributed by atoms with van der Waals surface area (Å²) in [5.74, 6) is -2.37. The van der Waals surface area contributed by atoms with Gasteiger partial charge in [-0.3, -0.25) is 9.59 Å². The van der Waals surface area contributed by atoms with Crippen molar-refractivity contribution in [3.8, 4) is 0 Å². The lowest BCUT2D eigenvalue weighted by atomic mass is 10.1. The summed E-state index contributed by atoms with van der Waals surface area (Å²) >= 11 is 5.92. The minimum atomic E-state index is -4.92. The fourth-order valence-corrected chi connectivity index (χ4v) is 2.90. The second kappa shape index (κ2) is 8.08. The van der Waals surface area contributed by atoms with Crippen molar-refractivity contribution >= 4 is 23.2 Å². The van der Waals surface area contributed by atoms with Crippen LogP contribution in [-0.4, -0.2) is 10.5 Å². The molecule has 0 aliphatic heterocycles. The minimum Gasteiger partial charge on any atom is -0.322 e. The summed E-state index contributed by atoms with van der Waals surface area (Å²) in [6.07, 6.45) is -3.44. The second-order valence-electron chi connectivity index (χ2n) is 6.13. The molecule has 2 aromatic carbocycles. The van der Waals surface area contributed by atoms with Crippen LogP contribution in [0.5, 0.6) is 0 Å². The number of halogens is 5. The Kier molecular flexibility index (Phi) is 5.74. The topological polar surface area (TPSA) is 51.1 Å². The average molecular weight is 425 g/mol. The number of pyridine rings is 1. The molecule has 3 aromatic rings. The summed E-state index contributed by atoms with van der Waals surface area (Å²) < 4.78 is 53.1. The molecule has 0 unspecified atom stereocenters. The molecule has 0 radical (unpaired) electrons. The zero-order valence-corrected chi connectivity index (χ0v) is 15.4. The van der Waals surface area contributed by atoms with Crippen molar-refractivity contribution in [2.45, 2.75) is 12.7 Å². The molecule has 9 heteroatoms. The third-order valence-electron chi connectivity index (χ3n) is 4.04. The SMILES string of the molecule is O=C(Nc1ccc(F)c(C(F)(F)F)c1)c1cccn(Cc2cccc(Cl)c2)c1=O. The minimum absolute atomic E-state index is 0.148. The molecule has 4 nitrogen and oxygen atoms in total. The Labute approximate surface area is 167 Å². The summed E-state index contributed by atoms with van der Waals surface area (Å²) in [4.78, 5) is 25.0. The fraction of sp³-hybridized carbons (Fsp3) is 0.100. The lowest BCUT2D eigenvalue weighted by molar-refractivity contribution is -0.139. The first-order valence-corrected chi connectivity index (χ1v) is 8.65. The monoisotopic (exact) mass is 424 g/mol. The highest BCUT2D eigenvalue weighted by atomic mass is 35.5. The Balaban J connectivity index is 1.86. The number of carbonyl (C=O) groups excluding carboxylic acids is 1. The zero-order chi connectivity index (χ0) is 21.2. The molecular formula is C20H13ClF4N2O2. The van der Waals surface area contributed by atoms with Crippen molar-refractivity contribution in [1.29, 1.82) is 0 Å². The van der Waals surface area contributed by atoms with Crippen LogP contribution < -0.4 is 10.9 Å². The number of amides is 1. The second-order valence-corrected chi connectivity index (χ2v) is 6.57. The molecule has 0 atom stereocenters. The van der Waals surface area contributed by atoms with Crippen LogP contribution in [0, 0.1) is 5.82 Å². The highest BCUT2D eigenvalue weighted by Crippen LogP contribution is 2.33. The van der Waals surface area contributed by atoms with Crippen molar-refractivity contribution in [1.82, 2.24) is 4.57 Å². The molecule has 0 saturated heterocycles. The average Bonchev–Trinajstić information content (AvgIpc) is 2.64. The number of hydrogen-bond acceptors (Lipinski definition) is 2. The van der Waals surface area contributed by atoms with Crippen molar-refractivity contribution < 1.29 is 22.4 Å². The molecule has 29 heavy (non-hydrogen) atoms. The largest absolute Gasteiger partial charge is 0.419 e. The maximum absolute atomic E-state index is 13.4. The van der Waals surface area contributed by atoms with E-state index < -0.39 is 29.0 Å². The Hall–Kier alpha value is -3.13. The van der Waals surface area contributed by atoms with E-state index >= 15 is 0 Å². The number of benzene rings is 2. The van der Waals surface area contributed by atoms with Crippen molar-refractivity contribution in [2.75, 3.05) is 5.32 Å². The first-order chi connectivity index (χ1) is 13.6. The molecule has 0 spiro atoms. The van der Waals surface area contributed by atoms with Gasteiger partial charge in [-0.2, -0.15) is 13.2 Å². The number of alkyl halides is 3. The number of anilines is 1. The van der Waals surface area contributed by atoms with Gasteiger partial charge in [-0.15, -0.1) is 0 Å². The molecule has 0 aliphatic carbocycles. The van der Waals surface area contributed by atoms with Crippen LogP contribution in [0.4, 0.5) is 23.2 Å². The first kappa shape index (κ1) is 20.6.